The smallest absolute Gasteiger partial charge is 0.238 e. The molecule has 17 heavy (non-hydrogen) atoms. The molecular weight excluding hydrogens is 242 g/mol. The molecule has 7 nitrogen and oxygen atoms in total. The Morgan fingerprint density at radius 1 is 1.76 bits per heavy atom. The summed E-state index contributed by atoms with van der Waals surface area (Å²) in [6.45, 7) is 0. The molecule has 1 saturated heterocycles. The average molecular weight is 255 g/mol. The van der Waals surface area contributed by atoms with Gasteiger partial charge >= 0.3 is 0 Å². The Labute approximate surface area is 102 Å². The fourth-order valence-corrected chi connectivity index (χ4v) is 2.78. The molecule has 5 N–H and O–H groups in total. The summed E-state index contributed by atoms with van der Waals surface area (Å²) in [4.78, 5) is 11.9. The summed E-state index contributed by atoms with van der Waals surface area (Å²) < 4.78 is 0. The van der Waals surface area contributed by atoms with Gasteiger partial charge in [0, 0.05) is 0 Å². The second kappa shape index (κ2) is 5.09. The number of thioether (sulfide) groups is 1. The quantitative estimate of drug-likeness (QED) is 0.269. The van der Waals surface area contributed by atoms with Crippen molar-refractivity contribution in [3.8, 4) is 0 Å². The normalized spacial score (nSPS) is 20.5. The maximum Gasteiger partial charge on any atom is 0.238 e. The van der Waals surface area contributed by atoms with Crippen molar-refractivity contribution < 1.29 is 10.0 Å². The van der Waals surface area contributed by atoms with Crippen molar-refractivity contribution in [3.05, 3.63) is 11.8 Å². The van der Waals surface area contributed by atoms with E-state index in [1.165, 1.54) is 6.20 Å². The zero-order valence-corrected chi connectivity index (χ0v) is 9.83. The predicted molar refractivity (Wildman–Crippen MR) is 65.2 cm³/mol. The van der Waals surface area contributed by atoms with Crippen LogP contribution >= 0.6 is 11.8 Å². The molecule has 1 aliphatic rings. The van der Waals surface area contributed by atoms with Gasteiger partial charge in [-0.1, -0.05) is 5.16 Å². The molecule has 92 valence electrons. The molecule has 0 bridgehead atoms. The van der Waals surface area contributed by atoms with E-state index in [2.05, 4.69) is 20.7 Å². The molecule has 0 radical (unpaired) electrons. The number of carbonyl (C=O) groups is 1. The van der Waals surface area contributed by atoms with Gasteiger partial charge in [0.2, 0.25) is 5.91 Å². The molecule has 1 aromatic heterocycles. The molecule has 1 atom stereocenters. The minimum absolute atomic E-state index is 0.0292. The number of rotatable bonds is 3. The minimum Gasteiger partial charge on any atom is -0.409 e. The molecule has 1 aliphatic heterocycles. The third-order valence-corrected chi connectivity index (χ3v) is 3.87. The topological polar surface area (TPSA) is 116 Å². The number of amidine groups is 1. The van der Waals surface area contributed by atoms with Crippen molar-refractivity contribution in [2.24, 2.45) is 10.9 Å². The average Bonchev–Trinajstić information content (AvgIpc) is 2.98. The van der Waals surface area contributed by atoms with Gasteiger partial charge in [-0.3, -0.25) is 9.89 Å². The molecule has 0 aliphatic carbocycles. The van der Waals surface area contributed by atoms with E-state index in [1.807, 2.05) is 0 Å². The number of nitrogens with one attached hydrogen (secondary N) is 2. The van der Waals surface area contributed by atoms with Crippen LogP contribution in [0, 0.1) is 0 Å². The number of carbonyl (C=O) groups excluding carboxylic acids is 1. The van der Waals surface area contributed by atoms with Crippen LogP contribution in [0.3, 0.4) is 0 Å². The zero-order chi connectivity index (χ0) is 12.3. The molecule has 1 amide bonds. The summed E-state index contributed by atoms with van der Waals surface area (Å²) in [6, 6.07) is 0. The molecule has 0 aromatic carbocycles. The first-order chi connectivity index (χ1) is 8.22. The van der Waals surface area contributed by atoms with Gasteiger partial charge in [0.15, 0.2) is 5.84 Å². The Hall–Kier alpha value is -1.70. The Morgan fingerprint density at radius 2 is 2.59 bits per heavy atom. The van der Waals surface area contributed by atoms with Crippen LogP contribution in [0.2, 0.25) is 0 Å². The summed E-state index contributed by atoms with van der Waals surface area (Å²) in [5, 5.41) is 20.5. The number of H-pyrrole nitrogens is 1. The van der Waals surface area contributed by atoms with Crippen LogP contribution in [0.4, 0.5) is 5.82 Å². The Kier molecular flexibility index (Phi) is 3.52. The summed E-state index contributed by atoms with van der Waals surface area (Å²) >= 11 is 1.64. The van der Waals surface area contributed by atoms with Crippen LogP contribution in [-0.2, 0) is 4.79 Å². The van der Waals surface area contributed by atoms with Crippen molar-refractivity contribution in [2.75, 3.05) is 11.1 Å². The van der Waals surface area contributed by atoms with Gasteiger partial charge in [0.05, 0.1) is 17.0 Å². The van der Waals surface area contributed by atoms with E-state index in [0.717, 1.165) is 18.6 Å². The van der Waals surface area contributed by atoms with Gasteiger partial charge in [-0.2, -0.15) is 5.10 Å². The van der Waals surface area contributed by atoms with Gasteiger partial charge in [-0.15, -0.1) is 11.8 Å². The van der Waals surface area contributed by atoms with Crippen molar-refractivity contribution in [1.29, 1.82) is 0 Å². The van der Waals surface area contributed by atoms with E-state index in [-0.39, 0.29) is 17.0 Å². The Balaban J connectivity index is 2.08. The number of hydrogen-bond acceptors (Lipinski definition) is 5. The van der Waals surface area contributed by atoms with Crippen molar-refractivity contribution in [1.82, 2.24) is 10.2 Å². The monoisotopic (exact) mass is 255 g/mol. The number of aromatic amines is 1. The highest BCUT2D eigenvalue weighted by atomic mass is 32.2. The highest BCUT2D eigenvalue weighted by Gasteiger charge is 2.24. The van der Waals surface area contributed by atoms with Crippen molar-refractivity contribution in [3.63, 3.8) is 0 Å². The van der Waals surface area contributed by atoms with Gasteiger partial charge in [-0.05, 0) is 18.6 Å². The van der Waals surface area contributed by atoms with Crippen LogP contribution in [0.5, 0.6) is 0 Å². The van der Waals surface area contributed by atoms with E-state index in [4.69, 9.17) is 10.9 Å². The number of oxime groups is 1. The third kappa shape index (κ3) is 2.52. The predicted octanol–water partition coefficient (Wildman–Crippen LogP) is 0.338. The first-order valence-corrected chi connectivity index (χ1v) is 6.21. The first kappa shape index (κ1) is 11.8. The second-order valence-electron chi connectivity index (χ2n) is 3.63. The van der Waals surface area contributed by atoms with Crippen LogP contribution in [0.15, 0.2) is 11.4 Å². The van der Waals surface area contributed by atoms with Crippen molar-refractivity contribution in [2.45, 2.75) is 18.1 Å². The first-order valence-electron chi connectivity index (χ1n) is 5.16. The zero-order valence-electron chi connectivity index (χ0n) is 9.01. The Bertz CT molecular complexity index is 438. The van der Waals surface area contributed by atoms with Crippen LogP contribution < -0.4 is 11.1 Å². The molecule has 1 fully saturated rings. The maximum absolute atomic E-state index is 11.9. The van der Waals surface area contributed by atoms with E-state index in [1.54, 1.807) is 11.8 Å². The van der Waals surface area contributed by atoms with E-state index in [9.17, 15) is 4.79 Å². The molecule has 8 heteroatoms. The fourth-order valence-electron chi connectivity index (χ4n) is 1.62. The highest BCUT2D eigenvalue weighted by Crippen LogP contribution is 2.27. The number of anilines is 1. The second-order valence-corrected chi connectivity index (χ2v) is 4.95. The van der Waals surface area contributed by atoms with Crippen LogP contribution in [0.25, 0.3) is 0 Å². The summed E-state index contributed by atoms with van der Waals surface area (Å²) in [5.41, 5.74) is 5.83. The van der Waals surface area contributed by atoms with E-state index >= 15 is 0 Å². The lowest BCUT2D eigenvalue weighted by molar-refractivity contribution is -0.115. The van der Waals surface area contributed by atoms with E-state index in [0.29, 0.717) is 11.4 Å². The molecule has 2 heterocycles. The number of aromatic nitrogens is 2. The maximum atomic E-state index is 11.9. The van der Waals surface area contributed by atoms with Gasteiger partial charge < -0.3 is 16.3 Å². The Morgan fingerprint density at radius 3 is 3.24 bits per heavy atom. The lowest BCUT2D eigenvalue weighted by Crippen LogP contribution is -2.25. The van der Waals surface area contributed by atoms with Crippen molar-refractivity contribution >= 4 is 29.3 Å². The number of amides is 1. The van der Waals surface area contributed by atoms with Gasteiger partial charge in [-0.25, -0.2) is 0 Å². The number of nitrogens with two attached hydrogens (primary N) is 1. The minimum atomic E-state index is -0.0897. The SMILES string of the molecule is N/C(=N\O)c1cn[nH]c1NC(=O)C1CCCS1. The molecule has 0 saturated carbocycles. The molecule has 1 unspecified atom stereocenters. The summed E-state index contributed by atoms with van der Waals surface area (Å²) in [7, 11) is 0. The molecule has 0 spiro atoms. The van der Waals surface area contributed by atoms with Gasteiger partial charge in [0.1, 0.15) is 5.82 Å². The number of hydrogen-bond donors (Lipinski definition) is 4. The lowest BCUT2D eigenvalue weighted by Gasteiger charge is -2.09. The largest absolute Gasteiger partial charge is 0.409 e. The van der Waals surface area contributed by atoms with Gasteiger partial charge in [0.25, 0.3) is 0 Å². The summed E-state index contributed by atoms with van der Waals surface area (Å²) in [5.74, 6) is 1.20. The van der Waals surface area contributed by atoms with Crippen LogP contribution in [0.1, 0.15) is 18.4 Å². The number of nitrogens with zero attached hydrogens (tertiary/aromatic N) is 2. The highest BCUT2D eigenvalue weighted by molar-refractivity contribution is 8.00. The molecular formula is C9H13N5O2S. The summed E-state index contributed by atoms with van der Waals surface area (Å²) in [6.07, 6.45) is 3.33. The lowest BCUT2D eigenvalue weighted by atomic mass is 10.2. The standard InChI is InChI=1S/C9H13N5O2S/c10-7(14-16)5-4-11-13-8(5)12-9(15)6-2-1-3-17-6/h4,6,16H,1-3H2,(H2,10,14)(H2,11,12,13,15). The van der Waals surface area contributed by atoms with E-state index < -0.39 is 0 Å². The third-order valence-electron chi connectivity index (χ3n) is 2.49. The fraction of sp³-hybridized carbons (Fsp3) is 0.444. The molecule has 1 aromatic rings. The molecule has 2 rings (SSSR count). The van der Waals surface area contributed by atoms with Crippen LogP contribution in [-0.4, -0.2) is 38.2 Å².